The number of rotatable bonds is 7. The molecule has 0 radical (unpaired) electrons. The van der Waals surface area contributed by atoms with E-state index in [1.807, 2.05) is 0 Å². The quantitative estimate of drug-likeness (QED) is 0.688. The van der Waals surface area contributed by atoms with Crippen LogP contribution in [0.1, 0.15) is 32.8 Å². The van der Waals surface area contributed by atoms with E-state index in [2.05, 4.69) is 41.4 Å². The van der Waals surface area contributed by atoms with Gasteiger partial charge in [-0.1, -0.05) is 27.2 Å². The van der Waals surface area contributed by atoms with Crippen LogP contribution in [-0.2, 0) is 11.2 Å². The van der Waals surface area contributed by atoms with Crippen molar-refractivity contribution in [1.29, 1.82) is 0 Å². The van der Waals surface area contributed by atoms with Crippen LogP contribution in [0.15, 0.2) is 6.33 Å². The van der Waals surface area contributed by atoms with Crippen LogP contribution in [0.25, 0.3) is 0 Å². The summed E-state index contributed by atoms with van der Waals surface area (Å²) in [4.78, 5) is 19.7. The van der Waals surface area contributed by atoms with Gasteiger partial charge in [-0.2, -0.15) is 0 Å². The number of nitrogens with one attached hydrogen (secondary N) is 2. The van der Waals surface area contributed by atoms with Gasteiger partial charge in [0.25, 0.3) is 0 Å². The first-order chi connectivity index (χ1) is 9.04. The van der Waals surface area contributed by atoms with Crippen molar-refractivity contribution < 1.29 is 4.79 Å². The highest BCUT2D eigenvalue weighted by molar-refractivity contribution is 5.80. The summed E-state index contributed by atoms with van der Waals surface area (Å²) in [5.74, 6) is 1.51. The molecule has 0 bridgehead atoms. The molecule has 0 saturated carbocycles. The predicted octanol–water partition coefficient (Wildman–Crippen LogP) is 1.20. The summed E-state index contributed by atoms with van der Waals surface area (Å²) in [6.45, 7) is 7.04. The van der Waals surface area contributed by atoms with E-state index in [0.717, 1.165) is 18.4 Å². The predicted molar refractivity (Wildman–Crippen MR) is 76.8 cm³/mol. The molecule has 0 aliphatic heterocycles. The highest BCUT2D eigenvalue weighted by Crippen LogP contribution is 2.18. The molecule has 4 N–H and O–H groups in total. The molecule has 1 amide bonds. The molecule has 0 aromatic carbocycles. The monoisotopic (exact) mass is 265 g/mol. The Kier molecular flexibility index (Phi) is 6.05. The maximum atomic E-state index is 11.6. The Morgan fingerprint density at radius 2 is 2.16 bits per heavy atom. The maximum absolute atomic E-state index is 11.6. The Balaban J connectivity index is 2.57. The van der Waals surface area contributed by atoms with Crippen LogP contribution in [0.4, 0.5) is 11.6 Å². The number of aromatic nitrogens is 2. The Bertz CT molecular complexity index is 419. The highest BCUT2D eigenvalue weighted by atomic mass is 16.1. The number of nitrogens with zero attached hydrogens (tertiary/aromatic N) is 2. The average Bonchev–Trinajstić information content (AvgIpc) is 2.37. The molecule has 1 rings (SSSR count). The molecule has 0 unspecified atom stereocenters. The summed E-state index contributed by atoms with van der Waals surface area (Å²) in [5.41, 5.74) is 6.70. The average molecular weight is 265 g/mol. The fourth-order valence-corrected chi connectivity index (χ4v) is 1.62. The van der Waals surface area contributed by atoms with Crippen LogP contribution in [0.3, 0.4) is 0 Å². The Morgan fingerprint density at radius 3 is 2.79 bits per heavy atom. The minimum atomic E-state index is -0.0478. The van der Waals surface area contributed by atoms with Gasteiger partial charge < -0.3 is 16.4 Å². The van der Waals surface area contributed by atoms with E-state index in [1.54, 1.807) is 0 Å². The van der Waals surface area contributed by atoms with Gasteiger partial charge in [-0.25, -0.2) is 9.97 Å². The molecule has 106 valence electrons. The van der Waals surface area contributed by atoms with Crippen LogP contribution < -0.4 is 16.4 Å². The molecular formula is C13H23N5O. The molecule has 0 saturated heterocycles. The standard InChI is InChI=1S/C13H23N5O/c1-4-5-10-12(14)17-8-18-13(10)16-7-11(19)15-6-9(2)3/h8-9H,4-7H2,1-3H3,(H,15,19)(H3,14,16,17,18). The zero-order valence-electron chi connectivity index (χ0n) is 11.9. The van der Waals surface area contributed by atoms with E-state index in [-0.39, 0.29) is 12.5 Å². The van der Waals surface area contributed by atoms with E-state index in [9.17, 15) is 4.79 Å². The minimum Gasteiger partial charge on any atom is -0.383 e. The molecule has 6 heteroatoms. The number of nitrogen functional groups attached to an aromatic ring is 1. The van der Waals surface area contributed by atoms with Gasteiger partial charge in [0.15, 0.2) is 0 Å². The van der Waals surface area contributed by atoms with Crippen LogP contribution in [-0.4, -0.2) is 29.0 Å². The minimum absolute atomic E-state index is 0.0478. The summed E-state index contributed by atoms with van der Waals surface area (Å²) in [5, 5.41) is 5.86. The van der Waals surface area contributed by atoms with E-state index in [0.29, 0.717) is 24.1 Å². The lowest BCUT2D eigenvalue weighted by Crippen LogP contribution is -2.32. The lowest BCUT2D eigenvalue weighted by molar-refractivity contribution is -0.119. The van der Waals surface area contributed by atoms with Crippen molar-refractivity contribution in [3.8, 4) is 0 Å². The number of carbonyl (C=O) groups excluding carboxylic acids is 1. The highest BCUT2D eigenvalue weighted by Gasteiger charge is 2.09. The summed E-state index contributed by atoms with van der Waals surface area (Å²) in [7, 11) is 0. The Hall–Kier alpha value is -1.85. The largest absolute Gasteiger partial charge is 0.383 e. The Labute approximate surface area is 114 Å². The van der Waals surface area contributed by atoms with E-state index < -0.39 is 0 Å². The molecule has 0 aliphatic carbocycles. The summed E-state index contributed by atoms with van der Waals surface area (Å²) in [6, 6.07) is 0. The van der Waals surface area contributed by atoms with Gasteiger partial charge in [0.1, 0.15) is 18.0 Å². The zero-order valence-corrected chi connectivity index (χ0v) is 11.9. The van der Waals surface area contributed by atoms with Gasteiger partial charge in [0, 0.05) is 12.1 Å². The van der Waals surface area contributed by atoms with Crippen molar-refractivity contribution in [2.75, 3.05) is 24.1 Å². The Morgan fingerprint density at radius 1 is 1.42 bits per heavy atom. The first-order valence-corrected chi connectivity index (χ1v) is 6.64. The molecule has 0 atom stereocenters. The van der Waals surface area contributed by atoms with Gasteiger partial charge >= 0.3 is 0 Å². The molecule has 0 fully saturated rings. The van der Waals surface area contributed by atoms with Crippen molar-refractivity contribution in [1.82, 2.24) is 15.3 Å². The van der Waals surface area contributed by atoms with Crippen molar-refractivity contribution in [2.24, 2.45) is 5.92 Å². The van der Waals surface area contributed by atoms with E-state index in [4.69, 9.17) is 5.73 Å². The van der Waals surface area contributed by atoms with Crippen LogP contribution in [0.5, 0.6) is 0 Å². The summed E-state index contributed by atoms with van der Waals surface area (Å²) >= 11 is 0. The maximum Gasteiger partial charge on any atom is 0.239 e. The summed E-state index contributed by atoms with van der Waals surface area (Å²) in [6.07, 6.45) is 3.15. The number of carbonyl (C=O) groups is 1. The molecule has 6 nitrogen and oxygen atoms in total. The lowest BCUT2D eigenvalue weighted by Gasteiger charge is -2.12. The van der Waals surface area contributed by atoms with Crippen LogP contribution in [0, 0.1) is 5.92 Å². The zero-order chi connectivity index (χ0) is 14.3. The van der Waals surface area contributed by atoms with Gasteiger partial charge in [-0.05, 0) is 12.3 Å². The number of hydrogen-bond donors (Lipinski definition) is 3. The van der Waals surface area contributed by atoms with Gasteiger partial charge in [-0.15, -0.1) is 0 Å². The van der Waals surface area contributed by atoms with Crippen molar-refractivity contribution in [3.05, 3.63) is 11.9 Å². The number of anilines is 2. The third-order valence-electron chi connectivity index (χ3n) is 2.60. The second-order valence-corrected chi connectivity index (χ2v) is 4.89. The molecule has 0 spiro atoms. The molecule has 19 heavy (non-hydrogen) atoms. The van der Waals surface area contributed by atoms with Crippen molar-refractivity contribution in [3.63, 3.8) is 0 Å². The normalized spacial score (nSPS) is 10.5. The second kappa shape index (κ2) is 7.56. The van der Waals surface area contributed by atoms with Gasteiger partial charge in [-0.3, -0.25) is 4.79 Å². The number of hydrogen-bond acceptors (Lipinski definition) is 5. The van der Waals surface area contributed by atoms with Crippen LogP contribution >= 0.6 is 0 Å². The molecule has 1 heterocycles. The first-order valence-electron chi connectivity index (χ1n) is 6.64. The lowest BCUT2D eigenvalue weighted by atomic mass is 10.1. The topological polar surface area (TPSA) is 92.9 Å². The summed E-state index contributed by atoms with van der Waals surface area (Å²) < 4.78 is 0. The van der Waals surface area contributed by atoms with Gasteiger partial charge in [0.05, 0.1) is 6.54 Å². The fourth-order valence-electron chi connectivity index (χ4n) is 1.62. The number of nitrogens with two attached hydrogens (primary N) is 1. The first kappa shape index (κ1) is 15.2. The van der Waals surface area contributed by atoms with E-state index in [1.165, 1.54) is 6.33 Å². The second-order valence-electron chi connectivity index (χ2n) is 4.89. The molecule has 0 aliphatic rings. The van der Waals surface area contributed by atoms with Crippen LogP contribution in [0.2, 0.25) is 0 Å². The molecular weight excluding hydrogens is 242 g/mol. The third kappa shape index (κ3) is 5.11. The number of amides is 1. The third-order valence-corrected chi connectivity index (χ3v) is 2.60. The SMILES string of the molecule is CCCc1c(N)ncnc1NCC(=O)NCC(C)C. The molecule has 1 aromatic heterocycles. The molecule has 1 aromatic rings. The van der Waals surface area contributed by atoms with Crippen molar-refractivity contribution >= 4 is 17.5 Å². The van der Waals surface area contributed by atoms with Gasteiger partial charge in [0.2, 0.25) is 5.91 Å². The fraction of sp³-hybridized carbons (Fsp3) is 0.615. The van der Waals surface area contributed by atoms with Crippen molar-refractivity contribution in [2.45, 2.75) is 33.6 Å². The smallest absolute Gasteiger partial charge is 0.239 e. The van der Waals surface area contributed by atoms with E-state index >= 15 is 0 Å².